The van der Waals surface area contributed by atoms with E-state index in [1.807, 2.05) is 0 Å². The Kier molecular flexibility index (Phi) is 3.31. The van der Waals surface area contributed by atoms with Crippen LogP contribution in [-0.2, 0) is 0 Å². The Morgan fingerprint density at radius 3 is 2.77 bits per heavy atom. The number of phenols is 1. The van der Waals surface area contributed by atoms with Crippen LogP contribution in [0.15, 0.2) is 18.2 Å². The lowest BCUT2D eigenvalue weighted by Crippen LogP contribution is -1.99. The minimum atomic E-state index is -0.0887. The molecule has 0 spiro atoms. The largest absolute Gasteiger partial charge is 0.508 e. The average Bonchev–Trinajstić information content (AvgIpc) is 2.15. The van der Waals surface area contributed by atoms with Crippen LogP contribution in [0.4, 0.5) is 0 Å². The molecule has 1 aromatic rings. The molecule has 0 saturated carbocycles. The zero-order valence-corrected chi connectivity index (χ0v) is 8.67. The third kappa shape index (κ3) is 2.45. The Hall–Kier alpha value is -1.03. The maximum atomic E-state index is 11.2. The van der Waals surface area contributed by atoms with Crippen molar-refractivity contribution < 1.29 is 14.6 Å². The fraction of sp³-hybridized carbons (Fsp3) is 0.222. The van der Waals surface area contributed by atoms with E-state index in [-0.39, 0.29) is 16.9 Å². The van der Waals surface area contributed by atoms with E-state index in [0.717, 1.165) is 0 Å². The summed E-state index contributed by atoms with van der Waals surface area (Å²) in [6.45, 7) is 0. The monoisotopic (exact) mass is 244 g/mol. The fourth-order valence-corrected chi connectivity index (χ4v) is 1.26. The van der Waals surface area contributed by atoms with Gasteiger partial charge in [0.1, 0.15) is 11.5 Å². The summed E-state index contributed by atoms with van der Waals surface area (Å²) in [7, 11) is 1.48. The van der Waals surface area contributed by atoms with Gasteiger partial charge in [0.25, 0.3) is 0 Å². The number of Topliss-reactive ketones (excluding diaryl/α,β-unsaturated/α-hetero) is 1. The molecular formula is C9H9BrO3. The van der Waals surface area contributed by atoms with Gasteiger partial charge in [-0.3, -0.25) is 4.79 Å². The number of hydrogen-bond donors (Lipinski definition) is 1. The van der Waals surface area contributed by atoms with Crippen molar-refractivity contribution in [1.82, 2.24) is 0 Å². The number of phenolic OH excluding ortho intramolecular Hbond substituents is 1. The van der Waals surface area contributed by atoms with Gasteiger partial charge >= 0.3 is 0 Å². The van der Waals surface area contributed by atoms with Crippen molar-refractivity contribution in [2.24, 2.45) is 0 Å². The topological polar surface area (TPSA) is 46.5 Å². The molecular weight excluding hydrogens is 236 g/mol. The molecule has 0 fully saturated rings. The number of carbonyl (C=O) groups is 1. The molecule has 13 heavy (non-hydrogen) atoms. The van der Waals surface area contributed by atoms with Gasteiger partial charge in [0.15, 0.2) is 5.78 Å². The van der Waals surface area contributed by atoms with Crippen molar-refractivity contribution in [3.8, 4) is 11.5 Å². The first-order chi connectivity index (χ1) is 6.17. The SMILES string of the molecule is COc1cc(O)cc(C(=O)CBr)c1. The van der Waals surface area contributed by atoms with Crippen LogP contribution in [0.5, 0.6) is 11.5 Å². The quantitative estimate of drug-likeness (QED) is 0.654. The molecule has 0 aromatic heterocycles. The van der Waals surface area contributed by atoms with E-state index in [2.05, 4.69) is 15.9 Å². The van der Waals surface area contributed by atoms with Crippen LogP contribution in [0.25, 0.3) is 0 Å². The second-order valence-corrected chi connectivity index (χ2v) is 3.04. The minimum absolute atomic E-state index is 0.0312. The van der Waals surface area contributed by atoms with Gasteiger partial charge in [-0.1, -0.05) is 15.9 Å². The van der Waals surface area contributed by atoms with Crippen LogP contribution in [0, 0.1) is 0 Å². The highest BCUT2D eigenvalue weighted by Crippen LogP contribution is 2.21. The zero-order valence-electron chi connectivity index (χ0n) is 7.08. The van der Waals surface area contributed by atoms with Crippen LogP contribution in [0.1, 0.15) is 10.4 Å². The molecule has 70 valence electrons. The van der Waals surface area contributed by atoms with Crippen molar-refractivity contribution >= 4 is 21.7 Å². The number of ether oxygens (including phenoxy) is 1. The maximum absolute atomic E-state index is 11.2. The van der Waals surface area contributed by atoms with Gasteiger partial charge < -0.3 is 9.84 Å². The van der Waals surface area contributed by atoms with Gasteiger partial charge in [-0.15, -0.1) is 0 Å². The molecule has 4 heteroatoms. The first-order valence-corrected chi connectivity index (χ1v) is 4.76. The molecule has 3 nitrogen and oxygen atoms in total. The Labute approximate surface area is 84.5 Å². The summed E-state index contributed by atoms with van der Waals surface area (Å²) in [5, 5.41) is 9.46. The molecule has 0 amide bonds. The van der Waals surface area contributed by atoms with Crippen LogP contribution in [0.3, 0.4) is 0 Å². The molecule has 0 aliphatic rings. The van der Waals surface area contributed by atoms with Gasteiger partial charge in [0, 0.05) is 11.6 Å². The Bertz CT molecular complexity index is 323. The predicted molar refractivity (Wildman–Crippen MR) is 52.8 cm³/mol. The van der Waals surface area contributed by atoms with Crippen LogP contribution in [-0.4, -0.2) is 23.3 Å². The number of aromatic hydroxyl groups is 1. The number of methoxy groups -OCH3 is 1. The van der Waals surface area contributed by atoms with E-state index >= 15 is 0 Å². The highest BCUT2D eigenvalue weighted by atomic mass is 79.9. The van der Waals surface area contributed by atoms with Gasteiger partial charge in [0.2, 0.25) is 0 Å². The summed E-state index contributed by atoms with van der Waals surface area (Å²) in [5.74, 6) is 0.419. The maximum Gasteiger partial charge on any atom is 0.173 e. The zero-order chi connectivity index (χ0) is 9.84. The number of halogens is 1. The lowest BCUT2D eigenvalue weighted by molar-refractivity contribution is 0.102. The Morgan fingerprint density at radius 2 is 2.23 bits per heavy atom. The summed E-state index contributed by atoms with van der Waals surface area (Å²) >= 11 is 3.05. The molecule has 0 unspecified atom stereocenters. The molecule has 0 bridgehead atoms. The highest BCUT2D eigenvalue weighted by molar-refractivity contribution is 9.09. The minimum Gasteiger partial charge on any atom is -0.508 e. The van der Waals surface area contributed by atoms with E-state index in [1.165, 1.54) is 19.2 Å². The van der Waals surface area contributed by atoms with Crippen LogP contribution in [0.2, 0.25) is 0 Å². The second-order valence-electron chi connectivity index (χ2n) is 2.48. The molecule has 1 N–H and O–H groups in total. The van der Waals surface area contributed by atoms with Crippen molar-refractivity contribution in [3.63, 3.8) is 0 Å². The van der Waals surface area contributed by atoms with Crippen LogP contribution >= 0.6 is 15.9 Å². The second kappa shape index (κ2) is 4.28. The van der Waals surface area contributed by atoms with Crippen molar-refractivity contribution in [3.05, 3.63) is 23.8 Å². The standard InChI is InChI=1S/C9H9BrO3/c1-13-8-3-6(9(12)5-10)2-7(11)4-8/h2-4,11H,5H2,1H3. The van der Waals surface area contributed by atoms with Gasteiger partial charge in [-0.05, 0) is 12.1 Å². The molecule has 0 aliphatic carbocycles. The van der Waals surface area contributed by atoms with Gasteiger partial charge in [0.05, 0.1) is 12.4 Å². The molecule has 0 saturated heterocycles. The summed E-state index contributed by atoms with van der Waals surface area (Å²) in [6.07, 6.45) is 0. The lowest BCUT2D eigenvalue weighted by Gasteiger charge is -2.03. The molecule has 1 aromatic carbocycles. The van der Waals surface area contributed by atoms with Crippen LogP contribution < -0.4 is 4.74 Å². The summed E-state index contributed by atoms with van der Waals surface area (Å²) < 4.78 is 4.90. The first kappa shape index (κ1) is 10.1. The van der Waals surface area contributed by atoms with Gasteiger partial charge in [-0.2, -0.15) is 0 Å². The van der Waals surface area contributed by atoms with E-state index in [1.54, 1.807) is 6.07 Å². The van der Waals surface area contributed by atoms with Crippen molar-refractivity contribution in [2.45, 2.75) is 0 Å². The van der Waals surface area contributed by atoms with E-state index in [0.29, 0.717) is 11.3 Å². The first-order valence-electron chi connectivity index (χ1n) is 3.64. The molecule has 1 rings (SSSR count). The number of hydrogen-bond acceptors (Lipinski definition) is 3. The number of benzene rings is 1. The highest BCUT2D eigenvalue weighted by Gasteiger charge is 2.06. The van der Waals surface area contributed by atoms with Gasteiger partial charge in [-0.25, -0.2) is 0 Å². The van der Waals surface area contributed by atoms with Crippen molar-refractivity contribution in [1.29, 1.82) is 0 Å². The van der Waals surface area contributed by atoms with Crippen molar-refractivity contribution in [2.75, 3.05) is 12.4 Å². The fourth-order valence-electron chi connectivity index (χ4n) is 0.939. The van der Waals surface area contributed by atoms with E-state index in [9.17, 15) is 9.90 Å². The summed E-state index contributed by atoms with van der Waals surface area (Å²) in [4.78, 5) is 11.2. The molecule has 0 aliphatic heterocycles. The third-order valence-corrected chi connectivity index (χ3v) is 2.08. The number of rotatable bonds is 3. The normalized spacial score (nSPS) is 9.69. The Morgan fingerprint density at radius 1 is 1.54 bits per heavy atom. The number of ketones is 1. The molecule has 0 heterocycles. The summed E-state index contributed by atoms with van der Waals surface area (Å²) in [5.41, 5.74) is 0.439. The average molecular weight is 245 g/mol. The molecule has 0 atom stereocenters. The molecule has 0 radical (unpaired) electrons. The van der Waals surface area contributed by atoms with E-state index in [4.69, 9.17) is 4.74 Å². The number of carbonyl (C=O) groups excluding carboxylic acids is 1. The lowest BCUT2D eigenvalue weighted by atomic mass is 10.1. The smallest absolute Gasteiger partial charge is 0.173 e. The summed E-state index contributed by atoms with van der Waals surface area (Å²) in [6, 6.07) is 4.44. The number of alkyl halides is 1. The predicted octanol–water partition coefficient (Wildman–Crippen LogP) is 1.98. The Balaban J connectivity index is 3.08. The third-order valence-electron chi connectivity index (χ3n) is 1.57. The van der Waals surface area contributed by atoms with E-state index < -0.39 is 0 Å².